The number of hydrazone groups is 1. The van der Waals surface area contributed by atoms with Crippen molar-refractivity contribution in [1.29, 1.82) is 0 Å². The predicted octanol–water partition coefficient (Wildman–Crippen LogP) is 1.26. The van der Waals surface area contributed by atoms with Gasteiger partial charge in [0.1, 0.15) is 10.6 Å². The van der Waals surface area contributed by atoms with E-state index < -0.39 is 30.8 Å². The number of phenols is 1. The Morgan fingerprint density at radius 1 is 1.04 bits per heavy atom. The molecule has 0 aromatic heterocycles. The molecule has 10 heteroatoms. The van der Waals surface area contributed by atoms with Crippen LogP contribution < -0.4 is 4.83 Å². The van der Waals surface area contributed by atoms with Gasteiger partial charge in [-0.1, -0.05) is 17.7 Å². The van der Waals surface area contributed by atoms with Crippen molar-refractivity contribution >= 4 is 26.4 Å². The second-order valence-electron chi connectivity index (χ2n) is 4.87. The molecule has 0 fully saturated rings. The molecule has 0 heterocycles. The minimum absolute atomic E-state index is 0.0228. The van der Waals surface area contributed by atoms with Gasteiger partial charge in [-0.2, -0.15) is 21.9 Å². The first-order valence-corrected chi connectivity index (χ1v) is 9.44. The standard InChI is InChI=1S/C14H14N2O6S2/c1-10-2-5-12(6-3-10)23(18,19)16-15-9-11-4-7-13(17)14(8-11)24(20,21)22/h2-9,16-17H,1H3,(H,20,21,22)/b15-9+. The van der Waals surface area contributed by atoms with Gasteiger partial charge in [0.05, 0.1) is 11.1 Å². The van der Waals surface area contributed by atoms with Gasteiger partial charge in [0, 0.05) is 0 Å². The van der Waals surface area contributed by atoms with Crippen molar-refractivity contribution in [3.63, 3.8) is 0 Å². The molecule has 0 aliphatic carbocycles. The van der Waals surface area contributed by atoms with E-state index in [2.05, 4.69) is 5.10 Å². The lowest BCUT2D eigenvalue weighted by Crippen LogP contribution is -2.18. The van der Waals surface area contributed by atoms with Crippen molar-refractivity contribution in [2.45, 2.75) is 16.7 Å². The smallest absolute Gasteiger partial charge is 0.298 e. The van der Waals surface area contributed by atoms with Crippen molar-refractivity contribution < 1.29 is 26.5 Å². The predicted molar refractivity (Wildman–Crippen MR) is 87.0 cm³/mol. The number of sulfonamides is 1. The summed E-state index contributed by atoms with van der Waals surface area (Å²) >= 11 is 0. The normalized spacial score (nSPS) is 12.4. The van der Waals surface area contributed by atoms with Gasteiger partial charge in [-0.25, -0.2) is 4.83 Å². The lowest BCUT2D eigenvalue weighted by atomic mass is 10.2. The number of rotatable bonds is 5. The molecular formula is C14H14N2O6S2. The van der Waals surface area contributed by atoms with Gasteiger partial charge in [-0.15, -0.1) is 0 Å². The van der Waals surface area contributed by atoms with Gasteiger partial charge in [0.2, 0.25) is 0 Å². The molecule has 8 nitrogen and oxygen atoms in total. The van der Waals surface area contributed by atoms with E-state index in [0.717, 1.165) is 23.9 Å². The van der Waals surface area contributed by atoms with Gasteiger partial charge in [-0.05, 0) is 42.8 Å². The fourth-order valence-corrected chi connectivity index (χ4v) is 3.17. The average Bonchev–Trinajstić information content (AvgIpc) is 2.48. The summed E-state index contributed by atoms with van der Waals surface area (Å²) in [7, 11) is -8.47. The topological polar surface area (TPSA) is 133 Å². The van der Waals surface area contributed by atoms with E-state index in [1.807, 2.05) is 11.8 Å². The van der Waals surface area contributed by atoms with Crippen molar-refractivity contribution in [2.75, 3.05) is 0 Å². The first kappa shape index (κ1) is 17.9. The number of benzene rings is 2. The minimum Gasteiger partial charge on any atom is -0.506 e. The maximum atomic E-state index is 12.0. The van der Waals surface area contributed by atoms with Crippen LogP contribution in [0.1, 0.15) is 11.1 Å². The van der Waals surface area contributed by atoms with Crippen molar-refractivity contribution in [1.82, 2.24) is 4.83 Å². The van der Waals surface area contributed by atoms with E-state index in [0.29, 0.717) is 0 Å². The monoisotopic (exact) mass is 370 g/mol. The molecule has 24 heavy (non-hydrogen) atoms. The number of nitrogens with zero attached hydrogens (tertiary/aromatic N) is 1. The minimum atomic E-state index is -4.61. The highest BCUT2D eigenvalue weighted by Gasteiger charge is 2.16. The molecule has 128 valence electrons. The Hall–Kier alpha value is -2.43. The third-order valence-electron chi connectivity index (χ3n) is 2.98. The highest BCUT2D eigenvalue weighted by Crippen LogP contribution is 2.22. The van der Waals surface area contributed by atoms with E-state index in [4.69, 9.17) is 4.55 Å². The Morgan fingerprint density at radius 3 is 2.25 bits per heavy atom. The van der Waals surface area contributed by atoms with E-state index in [1.54, 1.807) is 12.1 Å². The molecule has 0 aliphatic rings. The molecule has 0 saturated carbocycles. The van der Waals surface area contributed by atoms with Crippen LogP contribution in [0.15, 0.2) is 57.4 Å². The molecule has 0 bridgehead atoms. The van der Waals surface area contributed by atoms with E-state index in [9.17, 15) is 21.9 Å². The van der Waals surface area contributed by atoms with Crippen LogP contribution in [0.5, 0.6) is 5.75 Å². The van der Waals surface area contributed by atoms with Gasteiger partial charge in [0.25, 0.3) is 20.1 Å². The Balaban J connectivity index is 2.21. The molecule has 0 saturated heterocycles. The zero-order chi connectivity index (χ0) is 18.0. The third-order valence-corrected chi connectivity index (χ3v) is 5.10. The number of hydrogen-bond acceptors (Lipinski definition) is 6. The fourth-order valence-electron chi connectivity index (χ4n) is 1.76. The fraction of sp³-hybridized carbons (Fsp3) is 0.0714. The quantitative estimate of drug-likeness (QED) is 0.412. The molecular weight excluding hydrogens is 356 g/mol. The van der Waals surface area contributed by atoms with Crippen LogP contribution in [0.4, 0.5) is 0 Å². The first-order valence-electron chi connectivity index (χ1n) is 6.52. The first-order chi connectivity index (χ1) is 11.1. The highest BCUT2D eigenvalue weighted by atomic mass is 32.2. The summed E-state index contributed by atoms with van der Waals surface area (Å²) in [6, 6.07) is 9.41. The largest absolute Gasteiger partial charge is 0.506 e. The summed E-state index contributed by atoms with van der Waals surface area (Å²) in [6.45, 7) is 1.82. The van der Waals surface area contributed by atoms with Crippen LogP contribution in [0.25, 0.3) is 0 Å². The van der Waals surface area contributed by atoms with Crippen LogP contribution in [0, 0.1) is 6.92 Å². The third kappa shape index (κ3) is 4.31. The summed E-state index contributed by atoms with van der Waals surface area (Å²) in [5.41, 5.74) is 1.06. The van der Waals surface area contributed by atoms with Gasteiger partial charge in [0.15, 0.2) is 0 Å². The molecule has 2 rings (SSSR count). The maximum absolute atomic E-state index is 12.0. The molecule has 0 atom stereocenters. The lowest BCUT2D eigenvalue weighted by molar-refractivity contribution is 0.443. The van der Waals surface area contributed by atoms with Crippen LogP contribution in [0.2, 0.25) is 0 Å². The second-order valence-corrected chi connectivity index (χ2v) is 7.92. The summed E-state index contributed by atoms with van der Waals surface area (Å²) in [4.78, 5) is 1.30. The molecule has 0 aliphatic heterocycles. The number of phenolic OH excluding ortho intramolecular Hbond substituents is 1. The molecule has 3 N–H and O–H groups in total. The SMILES string of the molecule is Cc1ccc(S(=O)(=O)N/N=C/c2ccc(O)c(S(=O)(=O)O)c2)cc1. The van der Waals surface area contributed by atoms with Gasteiger partial charge < -0.3 is 5.11 Å². The van der Waals surface area contributed by atoms with E-state index >= 15 is 0 Å². The zero-order valence-corrected chi connectivity index (χ0v) is 14.0. The Kier molecular flexibility index (Phi) is 4.92. The number of nitrogens with one attached hydrogen (secondary N) is 1. The summed E-state index contributed by atoms with van der Waals surface area (Å²) in [5.74, 6) is -0.630. The average molecular weight is 370 g/mol. The molecule has 0 spiro atoms. The van der Waals surface area contributed by atoms with Crippen LogP contribution in [-0.4, -0.2) is 32.7 Å². The Bertz CT molecular complexity index is 980. The zero-order valence-electron chi connectivity index (χ0n) is 12.4. The second kappa shape index (κ2) is 6.59. The summed E-state index contributed by atoms with van der Waals surface area (Å²) in [6.07, 6.45) is 1.04. The molecule has 0 radical (unpaired) electrons. The van der Waals surface area contributed by atoms with Crippen molar-refractivity contribution in [2.24, 2.45) is 5.10 Å². The van der Waals surface area contributed by atoms with Gasteiger partial charge in [-0.3, -0.25) is 4.55 Å². The summed E-state index contributed by atoms with van der Waals surface area (Å²) in [5, 5.41) is 12.9. The molecule has 2 aromatic carbocycles. The molecule has 0 unspecified atom stereocenters. The van der Waals surface area contributed by atoms with Crippen LogP contribution in [0.3, 0.4) is 0 Å². The highest BCUT2D eigenvalue weighted by molar-refractivity contribution is 7.89. The number of aromatic hydroxyl groups is 1. The van der Waals surface area contributed by atoms with Crippen LogP contribution >= 0.6 is 0 Å². The summed E-state index contributed by atoms with van der Waals surface area (Å²) < 4.78 is 55.2. The molecule has 2 aromatic rings. The number of aryl methyl sites for hydroxylation is 1. The van der Waals surface area contributed by atoms with E-state index in [1.165, 1.54) is 18.2 Å². The van der Waals surface area contributed by atoms with Crippen LogP contribution in [-0.2, 0) is 20.1 Å². The van der Waals surface area contributed by atoms with Crippen molar-refractivity contribution in [3.05, 3.63) is 53.6 Å². The Labute approximate surface area is 139 Å². The van der Waals surface area contributed by atoms with E-state index in [-0.39, 0.29) is 10.5 Å². The lowest BCUT2D eigenvalue weighted by Gasteiger charge is -2.04. The van der Waals surface area contributed by atoms with Crippen molar-refractivity contribution in [3.8, 4) is 5.75 Å². The maximum Gasteiger partial charge on any atom is 0.298 e. The number of hydrogen-bond donors (Lipinski definition) is 3. The Morgan fingerprint density at radius 2 is 1.67 bits per heavy atom. The molecule has 0 amide bonds. The van der Waals surface area contributed by atoms with Gasteiger partial charge >= 0.3 is 0 Å².